The van der Waals surface area contributed by atoms with Crippen LogP contribution in [0.3, 0.4) is 0 Å². The molecule has 0 radical (unpaired) electrons. The van der Waals surface area contributed by atoms with Crippen LogP contribution in [0.5, 0.6) is 0 Å². The molecule has 22 heavy (non-hydrogen) atoms. The quantitative estimate of drug-likeness (QED) is 0.703. The van der Waals surface area contributed by atoms with E-state index in [2.05, 4.69) is 36.4 Å². The first-order chi connectivity index (χ1) is 10.7. The molecule has 0 heterocycles. The SMILES string of the molecule is CC(=Cc1ccc2ccccc2c1)COC(=O)CCC1CC1. The Morgan fingerprint density at radius 2 is 1.95 bits per heavy atom. The molecule has 2 nitrogen and oxygen atoms in total. The van der Waals surface area contributed by atoms with Crippen molar-refractivity contribution >= 4 is 22.8 Å². The molecule has 2 aromatic rings. The molecule has 0 bridgehead atoms. The molecule has 0 unspecified atom stereocenters. The van der Waals surface area contributed by atoms with Gasteiger partial charge in [0.1, 0.15) is 6.61 Å². The first-order valence-corrected chi connectivity index (χ1v) is 8.02. The molecular formula is C20H22O2. The molecule has 3 rings (SSSR count). The predicted molar refractivity (Wildman–Crippen MR) is 90.5 cm³/mol. The van der Waals surface area contributed by atoms with Gasteiger partial charge in [0.2, 0.25) is 0 Å². The van der Waals surface area contributed by atoms with Crippen LogP contribution in [0.1, 0.15) is 38.2 Å². The van der Waals surface area contributed by atoms with Gasteiger partial charge in [0.15, 0.2) is 0 Å². The largest absolute Gasteiger partial charge is 0.461 e. The van der Waals surface area contributed by atoms with Gasteiger partial charge in [-0.1, -0.05) is 55.3 Å². The van der Waals surface area contributed by atoms with Crippen molar-refractivity contribution in [2.24, 2.45) is 5.92 Å². The number of fused-ring (bicyclic) bond motifs is 1. The Hall–Kier alpha value is -2.09. The van der Waals surface area contributed by atoms with Gasteiger partial charge in [0.05, 0.1) is 0 Å². The summed E-state index contributed by atoms with van der Waals surface area (Å²) >= 11 is 0. The molecule has 1 saturated carbocycles. The van der Waals surface area contributed by atoms with Crippen LogP contribution in [-0.4, -0.2) is 12.6 Å². The molecular weight excluding hydrogens is 272 g/mol. The number of carbonyl (C=O) groups excluding carboxylic acids is 1. The minimum atomic E-state index is -0.0711. The molecule has 1 aliphatic rings. The van der Waals surface area contributed by atoms with Crippen molar-refractivity contribution < 1.29 is 9.53 Å². The lowest BCUT2D eigenvalue weighted by Crippen LogP contribution is -2.06. The molecule has 2 heteroatoms. The van der Waals surface area contributed by atoms with Gasteiger partial charge in [0, 0.05) is 6.42 Å². The van der Waals surface area contributed by atoms with E-state index in [4.69, 9.17) is 4.74 Å². The fourth-order valence-electron chi connectivity index (χ4n) is 2.62. The third kappa shape index (κ3) is 4.20. The monoisotopic (exact) mass is 294 g/mol. The van der Waals surface area contributed by atoms with E-state index in [0.29, 0.717) is 13.0 Å². The topological polar surface area (TPSA) is 26.3 Å². The molecule has 0 aliphatic heterocycles. The van der Waals surface area contributed by atoms with Gasteiger partial charge in [-0.2, -0.15) is 0 Å². The van der Waals surface area contributed by atoms with Crippen molar-refractivity contribution in [3.8, 4) is 0 Å². The van der Waals surface area contributed by atoms with E-state index in [0.717, 1.165) is 23.5 Å². The summed E-state index contributed by atoms with van der Waals surface area (Å²) in [6.07, 6.45) is 6.21. The van der Waals surface area contributed by atoms with Gasteiger partial charge in [-0.3, -0.25) is 4.79 Å². The summed E-state index contributed by atoms with van der Waals surface area (Å²) in [7, 11) is 0. The van der Waals surface area contributed by atoms with E-state index < -0.39 is 0 Å². The highest BCUT2D eigenvalue weighted by Crippen LogP contribution is 2.33. The summed E-state index contributed by atoms with van der Waals surface area (Å²) < 4.78 is 5.33. The van der Waals surface area contributed by atoms with Gasteiger partial charge in [0.25, 0.3) is 0 Å². The number of hydrogen-bond acceptors (Lipinski definition) is 2. The summed E-state index contributed by atoms with van der Waals surface area (Å²) in [5, 5.41) is 2.47. The van der Waals surface area contributed by atoms with Gasteiger partial charge >= 0.3 is 5.97 Å². The minimum absolute atomic E-state index is 0.0711. The fraction of sp³-hybridized carbons (Fsp3) is 0.350. The highest BCUT2D eigenvalue weighted by molar-refractivity contribution is 5.84. The van der Waals surface area contributed by atoms with E-state index in [1.54, 1.807) is 0 Å². The Morgan fingerprint density at radius 1 is 1.18 bits per heavy atom. The molecule has 2 aromatic carbocycles. The van der Waals surface area contributed by atoms with Crippen LogP contribution in [0.4, 0.5) is 0 Å². The molecule has 0 atom stereocenters. The second kappa shape index (κ2) is 6.78. The average Bonchev–Trinajstić information content (AvgIpc) is 3.35. The lowest BCUT2D eigenvalue weighted by Gasteiger charge is -2.06. The number of esters is 1. The van der Waals surface area contributed by atoms with E-state index in [1.165, 1.54) is 23.6 Å². The van der Waals surface area contributed by atoms with Gasteiger partial charge in [-0.15, -0.1) is 0 Å². The minimum Gasteiger partial charge on any atom is -0.461 e. The molecule has 0 saturated heterocycles. The van der Waals surface area contributed by atoms with Gasteiger partial charge in [-0.05, 0) is 47.2 Å². The summed E-state index contributed by atoms with van der Waals surface area (Å²) in [6, 6.07) is 14.7. The Kier molecular flexibility index (Phi) is 4.57. The zero-order valence-electron chi connectivity index (χ0n) is 13.0. The Labute approximate surface area is 131 Å². The second-order valence-electron chi connectivity index (χ2n) is 6.24. The summed E-state index contributed by atoms with van der Waals surface area (Å²) in [6.45, 7) is 2.39. The maximum absolute atomic E-state index is 11.7. The molecule has 0 N–H and O–H groups in total. The number of ether oxygens (including phenoxy) is 1. The summed E-state index contributed by atoms with van der Waals surface area (Å²) in [5.74, 6) is 0.708. The molecule has 0 amide bonds. The van der Waals surface area contributed by atoms with E-state index in [1.807, 2.05) is 19.1 Å². The lowest BCUT2D eigenvalue weighted by molar-refractivity contribution is -0.142. The van der Waals surface area contributed by atoms with Crippen LogP contribution in [-0.2, 0) is 9.53 Å². The van der Waals surface area contributed by atoms with Crippen LogP contribution in [0.25, 0.3) is 16.8 Å². The number of hydrogen-bond donors (Lipinski definition) is 0. The van der Waals surface area contributed by atoms with Crippen molar-refractivity contribution in [2.45, 2.75) is 32.6 Å². The average molecular weight is 294 g/mol. The first kappa shape index (κ1) is 14.8. The maximum atomic E-state index is 11.7. The number of rotatable bonds is 6. The number of carbonyl (C=O) groups is 1. The van der Waals surface area contributed by atoms with Crippen molar-refractivity contribution in [1.29, 1.82) is 0 Å². The predicted octanol–water partition coefficient (Wildman–Crippen LogP) is 4.98. The van der Waals surface area contributed by atoms with Crippen molar-refractivity contribution in [3.05, 3.63) is 53.6 Å². The zero-order chi connectivity index (χ0) is 15.4. The van der Waals surface area contributed by atoms with Crippen LogP contribution in [0.2, 0.25) is 0 Å². The third-order valence-corrected chi connectivity index (χ3v) is 4.10. The maximum Gasteiger partial charge on any atom is 0.306 e. The smallest absolute Gasteiger partial charge is 0.306 e. The third-order valence-electron chi connectivity index (χ3n) is 4.10. The van der Waals surface area contributed by atoms with Gasteiger partial charge in [-0.25, -0.2) is 0 Å². The van der Waals surface area contributed by atoms with Crippen molar-refractivity contribution in [2.75, 3.05) is 6.61 Å². The van der Waals surface area contributed by atoms with Crippen LogP contribution < -0.4 is 0 Å². The Bertz CT molecular complexity index is 696. The molecule has 0 spiro atoms. The Morgan fingerprint density at radius 3 is 2.73 bits per heavy atom. The van der Waals surface area contributed by atoms with Crippen LogP contribution in [0, 0.1) is 5.92 Å². The second-order valence-corrected chi connectivity index (χ2v) is 6.24. The summed E-state index contributed by atoms with van der Waals surface area (Å²) in [5.41, 5.74) is 2.21. The highest BCUT2D eigenvalue weighted by atomic mass is 16.5. The fourth-order valence-corrected chi connectivity index (χ4v) is 2.62. The summed E-state index contributed by atoms with van der Waals surface area (Å²) in [4.78, 5) is 11.7. The molecule has 114 valence electrons. The van der Waals surface area contributed by atoms with Crippen LogP contribution >= 0.6 is 0 Å². The molecule has 0 aromatic heterocycles. The lowest BCUT2D eigenvalue weighted by atomic mass is 10.1. The normalized spacial score (nSPS) is 15.0. The standard InChI is InChI=1S/C20H22O2/c1-15(14-22-20(21)11-9-16-6-7-16)12-17-8-10-18-4-2-3-5-19(18)13-17/h2-5,8,10,12-13,16H,6-7,9,11,14H2,1H3. The van der Waals surface area contributed by atoms with Crippen LogP contribution in [0.15, 0.2) is 48.0 Å². The van der Waals surface area contributed by atoms with E-state index >= 15 is 0 Å². The zero-order valence-corrected chi connectivity index (χ0v) is 13.0. The first-order valence-electron chi connectivity index (χ1n) is 8.02. The van der Waals surface area contributed by atoms with E-state index in [-0.39, 0.29) is 5.97 Å². The number of benzene rings is 2. The van der Waals surface area contributed by atoms with Crippen molar-refractivity contribution in [3.63, 3.8) is 0 Å². The molecule has 1 fully saturated rings. The highest BCUT2D eigenvalue weighted by Gasteiger charge is 2.22. The van der Waals surface area contributed by atoms with Gasteiger partial charge < -0.3 is 4.74 Å². The molecule has 1 aliphatic carbocycles. The van der Waals surface area contributed by atoms with Crippen molar-refractivity contribution in [1.82, 2.24) is 0 Å². The Balaban J connectivity index is 1.56. The van der Waals surface area contributed by atoms with E-state index in [9.17, 15) is 4.79 Å².